The molecule has 0 bridgehead atoms. The number of rotatable bonds is 6. The molecule has 0 N–H and O–H groups in total. The molecule has 3 aromatic rings. The van der Waals surface area contributed by atoms with Crippen molar-refractivity contribution < 1.29 is 4.39 Å². The van der Waals surface area contributed by atoms with Gasteiger partial charge in [-0.05, 0) is 57.6 Å². The normalized spacial score (nSPS) is 10.7. The van der Waals surface area contributed by atoms with Gasteiger partial charge in [-0.1, -0.05) is 44.2 Å². The van der Waals surface area contributed by atoms with Crippen LogP contribution in [0.15, 0.2) is 51.7 Å². The number of nitrogens with zero attached hydrogens (tertiary/aromatic N) is 3. The second-order valence-corrected chi connectivity index (χ2v) is 7.54. The van der Waals surface area contributed by atoms with Crippen molar-refractivity contribution >= 4 is 15.9 Å². The maximum Gasteiger partial charge on any atom is 0.268 e. The van der Waals surface area contributed by atoms with E-state index in [1.54, 1.807) is 22.8 Å². The minimum Gasteiger partial charge on any atom is -0.291 e. The average molecular weight is 454 g/mol. The number of halogens is 2. The van der Waals surface area contributed by atoms with Crippen LogP contribution in [0, 0.1) is 17.1 Å². The van der Waals surface area contributed by atoms with Gasteiger partial charge in [0.1, 0.15) is 22.2 Å². The van der Waals surface area contributed by atoms with Crippen LogP contribution in [0.2, 0.25) is 0 Å². The van der Waals surface area contributed by atoms with E-state index in [1.165, 1.54) is 12.1 Å². The van der Waals surface area contributed by atoms with Crippen LogP contribution in [0.1, 0.15) is 42.9 Å². The van der Waals surface area contributed by atoms with Crippen LogP contribution in [0.25, 0.3) is 11.1 Å². The highest BCUT2D eigenvalue weighted by Crippen LogP contribution is 2.27. The first-order valence-electron chi connectivity index (χ1n) is 9.56. The molecule has 3 rings (SSSR count). The number of aromatic nitrogens is 2. The first-order valence-corrected chi connectivity index (χ1v) is 10.3. The smallest absolute Gasteiger partial charge is 0.268 e. The van der Waals surface area contributed by atoms with Crippen molar-refractivity contribution in [2.24, 2.45) is 0 Å². The van der Waals surface area contributed by atoms with E-state index in [-0.39, 0.29) is 17.9 Å². The summed E-state index contributed by atoms with van der Waals surface area (Å²) in [4.78, 5) is 17.7. The van der Waals surface area contributed by atoms with Gasteiger partial charge in [0.05, 0.1) is 17.8 Å². The Labute approximate surface area is 177 Å². The topological polar surface area (TPSA) is 58.7 Å². The van der Waals surface area contributed by atoms with Gasteiger partial charge in [0.2, 0.25) is 0 Å². The largest absolute Gasteiger partial charge is 0.291 e. The number of nitriles is 1. The van der Waals surface area contributed by atoms with Crippen molar-refractivity contribution in [2.75, 3.05) is 0 Å². The molecular formula is C23H21BrFN3O. The second kappa shape index (κ2) is 9.15. The molecule has 0 unspecified atom stereocenters. The second-order valence-electron chi connectivity index (χ2n) is 6.75. The average Bonchev–Trinajstić information content (AvgIpc) is 2.73. The molecule has 0 aliphatic rings. The zero-order valence-electron chi connectivity index (χ0n) is 16.4. The van der Waals surface area contributed by atoms with Crippen molar-refractivity contribution in [2.45, 2.75) is 39.7 Å². The number of hydrogen-bond acceptors (Lipinski definition) is 3. The highest BCUT2D eigenvalue weighted by molar-refractivity contribution is 9.10. The van der Waals surface area contributed by atoms with Crippen LogP contribution in [0.5, 0.6) is 0 Å². The van der Waals surface area contributed by atoms with Crippen molar-refractivity contribution in [3.63, 3.8) is 0 Å². The van der Waals surface area contributed by atoms with Gasteiger partial charge in [0.25, 0.3) is 5.56 Å². The minimum atomic E-state index is -0.360. The first kappa shape index (κ1) is 20.9. The zero-order valence-corrected chi connectivity index (χ0v) is 18.0. The van der Waals surface area contributed by atoms with Crippen LogP contribution in [-0.4, -0.2) is 9.55 Å². The van der Waals surface area contributed by atoms with E-state index in [0.717, 1.165) is 12.1 Å². The predicted molar refractivity (Wildman–Crippen MR) is 115 cm³/mol. The number of benzene rings is 2. The summed E-state index contributed by atoms with van der Waals surface area (Å²) in [6.45, 7) is 4.23. The summed E-state index contributed by atoms with van der Waals surface area (Å²) in [6.07, 6.45) is 2.18. The van der Waals surface area contributed by atoms with Crippen molar-refractivity contribution in [3.05, 3.63) is 85.8 Å². The highest BCUT2D eigenvalue weighted by Gasteiger charge is 2.17. The molecule has 0 amide bonds. The third kappa shape index (κ3) is 4.30. The van der Waals surface area contributed by atoms with Crippen LogP contribution in [0.4, 0.5) is 4.39 Å². The Morgan fingerprint density at radius 2 is 1.97 bits per heavy atom. The third-order valence-electron chi connectivity index (χ3n) is 4.80. The molecule has 4 nitrogen and oxygen atoms in total. The highest BCUT2D eigenvalue weighted by atomic mass is 79.9. The molecule has 0 saturated carbocycles. The summed E-state index contributed by atoms with van der Waals surface area (Å²) in [7, 11) is 0. The molecule has 148 valence electrons. The van der Waals surface area contributed by atoms with Gasteiger partial charge in [-0.3, -0.25) is 9.36 Å². The summed E-state index contributed by atoms with van der Waals surface area (Å²) in [5, 5.41) is 9.83. The van der Waals surface area contributed by atoms with Gasteiger partial charge >= 0.3 is 0 Å². The van der Waals surface area contributed by atoms with E-state index in [1.807, 2.05) is 26.0 Å². The fourth-order valence-electron chi connectivity index (χ4n) is 3.37. The van der Waals surface area contributed by atoms with Gasteiger partial charge in [-0.2, -0.15) is 5.26 Å². The Kier molecular flexibility index (Phi) is 6.60. The molecule has 0 spiro atoms. The number of hydrogen-bond donors (Lipinski definition) is 0. The zero-order chi connectivity index (χ0) is 21.0. The standard InChI is InChI=1S/C23H21BrFN3O/c1-3-7-21-27-20(4-2)22(24)23(29)28(21)14-16-9-6-11-18(19(16)13-26)15-8-5-10-17(25)12-15/h5-6,8-12H,3-4,7,14H2,1-2H3. The van der Waals surface area contributed by atoms with Gasteiger partial charge in [-0.25, -0.2) is 9.37 Å². The molecule has 0 radical (unpaired) electrons. The van der Waals surface area contributed by atoms with Gasteiger partial charge < -0.3 is 0 Å². The Bertz CT molecular complexity index is 1150. The maximum atomic E-state index is 13.7. The monoisotopic (exact) mass is 453 g/mol. The van der Waals surface area contributed by atoms with E-state index in [2.05, 4.69) is 27.0 Å². The Hall–Kier alpha value is -2.78. The fourth-order valence-corrected chi connectivity index (χ4v) is 3.95. The molecule has 1 heterocycles. The summed E-state index contributed by atoms with van der Waals surface area (Å²) < 4.78 is 15.8. The Morgan fingerprint density at radius 3 is 2.62 bits per heavy atom. The van der Waals surface area contributed by atoms with E-state index in [9.17, 15) is 14.4 Å². The minimum absolute atomic E-state index is 0.152. The van der Waals surface area contributed by atoms with E-state index in [4.69, 9.17) is 0 Å². The quantitative estimate of drug-likeness (QED) is 0.512. The van der Waals surface area contributed by atoms with Crippen LogP contribution in [-0.2, 0) is 19.4 Å². The molecule has 2 aromatic carbocycles. The maximum absolute atomic E-state index is 13.7. The van der Waals surface area contributed by atoms with Crippen molar-refractivity contribution in [1.29, 1.82) is 5.26 Å². The number of aryl methyl sites for hydroxylation is 2. The molecule has 0 fully saturated rings. The third-order valence-corrected chi connectivity index (χ3v) is 5.59. The molecule has 0 aliphatic carbocycles. The molecule has 0 aliphatic heterocycles. The summed E-state index contributed by atoms with van der Waals surface area (Å²) in [5.41, 5.74) is 3.00. The lowest BCUT2D eigenvalue weighted by atomic mass is 9.96. The van der Waals surface area contributed by atoms with E-state index < -0.39 is 0 Å². The molecular weight excluding hydrogens is 433 g/mol. The predicted octanol–water partition coefficient (Wildman–Crippen LogP) is 5.25. The van der Waals surface area contributed by atoms with Gasteiger partial charge in [0.15, 0.2) is 0 Å². The van der Waals surface area contributed by atoms with Crippen LogP contribution < -0.4 is 5.56 Å². The summed E-state index contributed by atoms with van der Waals surface area (Å²) >= 11 is 3.38. The van der Waals surface area contributed by atoms with Crippen molar-refractivity contribution in [1.82, 2.24) is 9.55 Å². The molecule has 6 heteroatoms. The van der Waals surface area contributed by atoms with E-state index >= 15 is 0 Å². The van der Waals surface area contributed by atoms with E-state index in [0.29, 0.717) is 45.4 Å². The van der Waals surface area contributed by atoms with Crippen LogP contribution in [0.3, 0.4) is 0 Å². The van der Waals surface area contributed by atoms with Gasteiger partial charge in [-0.15, -0.1) is 0 Å². The van der Waals surface area contributed by atoms with Crippen LogP contribution >= 0.6 is 15.9 Å². The summed E-state index contributed by atoms with van der Waals surface area (Å²) in [5.74, 6) is 0.346. The Morgan fingerprint density at radius 1 is 1.21 bits per heavy atom. The molecule has 29 heavy (non-hydrogen) atoms. The fraction of sp³-hybridized carbons (Fsp3) is 0.261. The lowest BCUT2D eigenvalue weighted by Crippen LogP contribution is -2.28. The van der Waals surface area contributed by atoms with Crippen molar-refractivity contribution in [3.8, 4) is 17.2 Å². The first-order chi connectivity index (χ1) is 14.0. The molecule has 0 saturated heterocycles. The lowest BCUT2D eigenvalue weighted by molar-refractivity contribution is 0.628. The Balaban J connectivity index is 2.15. The lowest BCUT2D eigenvalue weighted by Gasteiger charge is -2.16. The molecule has 1 aromatic heterocycles. The summed E-state index contributed by atoms with van der Waals surface area (Å²) in [6, 6.07) is 13.8. The van der Waals surface area contributed by atoms with Gasteiger partial charge in [0, 0.05) is 6.42 Å². The molecule has 0 atom stereocenters. The SMILES string of the molecule is CCCc1nc(CC)c(Br)c(=O)n1Cc1cccc(-c2cccc(F)c2)c1C#N.